The van der Waals surface area contributed by atoms with Crippen molar-refractivity contribution in [3.63, 3.8) is 0 Å². The van der Waals surface area contributed by atoms with E-state index in [2.05, 4.69) is 0 Å². The molecule has 1 aliphatic rings. The van der Waals surface area contributed by atoms with E-state index in [1.807, 2.05) is 0 Å². The maximum absolute atomic E-state index is 5.34. The Morgan fingerprint density at radius 1 is 1.62 bits per heavy atom. The zero-order valence-electron chi connectivity index (χ0n) is 6.22. The van der Waals surface area contributed by atoms with Gasteiger partial charge in [-0.05, 0) is 18.9 Å². The Morgan fingerprint density at radius 3 is 2.88 bits per heavy atom. The molecule has 0 aliphatic carbocycles. The molecule has 0 radical (unpaired) electrons. The van der Waals surface area contributed by atoms with Crippen molar-refractivity contribution in [3.05, 3.63) is 0 Å². The first-order valence-electron chi connectivity index (χ1n) is 3.08. The van der Waals surface area contributed by atoms with Gasteiger partial charge in [-0.2, -0.15) is 0 Å². The first-order valence-corrected chi connectivity index (χ1v) is 4.84. The van der Waals surface area contributed by atoms with E-state index in [1.165, 1.54) is 18.9 Å². The topological polar surface area (TPSA) is 18.5 Å². The molecular weight excluding hydrogens is 120 g/mol. The molecule has 0 amide bonds. The van der Waals surface area contributed by atoms with Crippen molar-refractivity contribution >= 4 is 9.28 Å². The quantitative estimate of drug-likeness (QED) is 0.492. The van der Waals surface area contributed by atoms with Gasteiger partial charge in [0.05, 0.1) is 0 Å². The highest BCUT2D eigenvalue weighted by Crippen LogP contribution is 2.09. The highest BCUT2D eigenvalue weighted by Gasteiger charge is 2.14. The fraction of sp³-hybridized carbons (Fsp3) is 1.00. The van der Waals surface area contributed by atoms with Crippen LogP contribution in [0.3, 0.4) is 0 Å². The molecule has 0 aromatic carbocycles. The van der Waals surface area contributed by atoms with Crippen molar-refractivity contribution < 1.29 is 10.3 Å². The van der Waals surface area contributed by atoms with Crippen LogP contribution in [0, 0.1) is 0 Å². The van der Waals surface area contributed by atoms with Crippen LogP contribution in [-0.4, -0.2) is 23.0 Å². The Bertz CT molecular complexity index is 66.0. The zero-order valence-corrected chi connectivity index (χ0v) is 6.38. The molecule has 0 aromatic heterocycles. The predicted octanol–water partition coefficient (Wildman–Crippen LogP) is 0.776. The van der Waals surface area contributed by atoms with E-state index in [0.717, 1.165) is 6.61 Å². The van der Waals surface area contributed by atoms with Crippen LogP contribution in [0.25, 0.3) is 0 Å². The second kappa shape index (κ2) is 3.22. The largest absolute Gasteiger partial charge is 1.00 e. The highest BCUT2D eigenvalue weighted by molar-refractivity contribution is 6.44. The van der Waals surface area contributed by atoms with Crippen LogP contribution in [0.2, 0.25) is 6.04 Å². The minimum absolute atomic E-state index is 0. The summed E-state index contributed by atoms with van der Waals surface area (Å²) in [7, 11) is 0.647. The lowest BCUT2D eigenvalue weighted by Crippen LogP contribution is -2.25. The Balaban J connectivity index is 0.000000640. The van der Waals surface area contributed by atoms with E-state index in [9.17, 15) is 0 Å². The summed E-state index contributed by atoms with van der Waals surface area (Å²) in [6.07, 6.45) is 2.54. The number of hydrogen-bond donors (Lipinski definition) is 0. The van der Waals surface area contributed by atoms with Crippen molar-refractivity contribution in [2.45, 2.75) is 18.9 Å². The molecule has 1 unspecified atom stereocenters. The molecule has 8 heavy (non-hydrogen) atoms. The lowest BCUT2D eigenvalue weighted by Gasteiger charge is -2.18. The van der Waals surface area contributed by atoms with E-state index in [4.69, 9.17) is 8.85 Å². The molecular formula is C5H13O2Si+. The van der Waals surface area contributed by atoms with Crippen molar-refractivity contribution in [1.82, 2.24) is 0 Å². The SMILES string of the molecule is CO[SiH]1CCCCO1.[H+]. The van der Waals surface area contributed by atoms with Crippen molar-refractivity contribution in [2.24, 2.45) is 0 Å². The molecule has 0 spiro atoms. The molecule has 0 aromatic rings. The summed E-state index contributed by atoms with van der Waals surface area (Å²) in [5.41, 5.74) is 0. The number of hydrogen-bond acceptors (Lipinski definition) is 2. The van der Waals surface area contributed by atoms with Crippen LogP contribution in [0.15, 0.2) is 0 Å². The third-order valence-corrected chi connectivity index (χ3v) is 3.41. The molecule has 48 valence electrons. The average Bonchev–Trinajstić information content (AvgIpc) is 1.90. The van der Waals surface area contributed by atoms with Crippen LogP contribution in [0.1, 0.15) is 14.3 Å². The summed E-state index contributed by atoms with van der Waals surface area (Å²) >= 11 is 0. The van der Waals surface area contributed by atoms with Gasteiger partial charge < -0.3 is 8.85 Å². The minimum atomic E-state index is -1.11. The first kappa shape index (κ1) is 6.26. The predicted molar refractivity (Wildman–Crippen MR) is 35.3 cm³/mol. The van der Waals surface area contributed by atoms with E-state index in [1.54, 1.807) is 7.11 Å². The van der Waals surface area contributed by atoms with Crippen LogP contribution >= 0.6 is 0 Å². The van der Waals surface area contributed by atoms with Crippen molar-refractivity contribution in [2.75, 3.05) is 13.7 Å². The fourth-order valence-corrected chi connectivity index (χ4v) is 2.49. The minimum Gasteiger partial charge on any atom is -0.400 e. The summed E-state index contributed by atoms with van der Waals surface area (Å²) in [6.45, 7) is 0.935. The third kappa shape index (κ3) is 1.58. The molecule has 1 aliphatic heterocycles. The normalized spacial score (nSPS) is 30.4. The van der Waals surface area contributed by atoms with Crippen LogP contribution in [0.5, 0.6) is 0 Å². The van der Waals surface area contributed by atoms with Gasteiger partial charge in [0.25, 0.3) is 0 Å². The molecule has 1 heterocycles. The average molecular weight is 133 g/mol. The molecule has 1 saturated heterocycles. The zero-order chi connectivity index (χ0) is 5.82. The van der Waals surface area contributed by atoms with Crippen LogP contribution < -0.4 is 0 Å². The van der Waals surface area contributed by atoms with E-state index in [0.29, 0.717) is 0 Å². The summed E-state index contributed by atoms with van der Waals surface area (Å²) in [5, 5.41) is 0. The molecule has 1 atom stereocenters. The monoisotopic (exact) mass is 133 g/mol. The van der Waals surface area contributed by atoms with Crippen molar-refractivity contribution in [1.29, 1.82) is 0 Å². The maximum Gasteiger partial charge on any atom is 1.00 e. The van der Waals surface area contributed by atoms with Gasteiger partial charge in [-0.25, -0.2) is 0 Å². The Labute approximate surface area is 53.1 Å². The lowest BCUT2D eigenvalue weighted by molar-refractivity contribution is 0.205. The van der Waals surface area contributed by atoms with Gasteiger partial charge in [0.15, 0.2) is 0 Å². The summed E-state index contributed by atoms with van der Waals surface area (Å²) < 4.78 is 10.5. The molecule has 0 N–H and O–H groups in total. The molecule has 1 fully saturated rings. The number of rotatable bonds is 1. The second-order valence-corrected chi connectivity index (χ2v) is 4.27. The molecule has 1 rings (SSSR count). The van der Waals surface area contributed by atoms with Crippen LogP contribution in [0.4, 0.5) is 0 Å². The molecule has 3 heteroatoms. The molecule has 2 nitrogen and oxygen atoms in total. The van der Waals surface area contributed by atoms with Crippen molar-refractivity contribution in [3.8, 4) is 0 Å². The van der Waals surface area contributed by atoms with Gasteiger partial charge in [-0.15, -0.1) is 0 Å². The van der Waals surface area contributed by atoms with Gasteiger partial charge in [0, 0.05) is 13.7 Å². The first-order chi connectivity index (χ1) is 3.93. The van der Waals surface area contributed by atoms with Gasteiger partial charge in [0.2, 0.25) is 0 Å². The smallest absolute Gasteiger partial charge is 0.400 e. The summed E-state index contributed by atoms with van der Waals surface area (Å²) in [4.78, 5) is 0. The Hall–Kier alpha value is 0.137. The lowest BCUT2D eigenvalue weighted by atomic mass is 10.4. The van der Waals surface area contributed by atoms with Crippen LogP contribution in [-0.2, 0) is 8.85 Å². The highest BCUT2D eigenvalue weighted by atomic mass is 28.3. The maximum atomic E-state index is 5.34. The van der Waals surface area contributed by atoms with Gasteiger partial charge in [-0.3, -0.25) is 0 Å². The van der Waals surface area contributed by atoms with E-state index in [-0.39, 0.29) is 1.43 Å². The molecule has 0 saturated carbocycles. The summed E-state index contributed by atoms with van der Waals surface area (Å²) in [5.74, 6) is 0. The van der Waals surface area contributed by atoms with E-state index < -0.39 is 9.28 Å². The Morgan fingerprint density at radius 2 is 2.50 bits per heavy atom. The second-order valence-electron chi connectivity index (χ2n) is 2.03. The van der Waals surface area contributed by atoms with Gasteiger partial charge in [-0.1, -0.05) is 0 Å². The van der Waals surface area contributed by atoms with E-state index >= 15 is 0 Å². The summed E-state index contributed by atoms with van der Waals surface area (Å²) in [6, 6.07) is 1.20. The fourth-order valence-electron chi connectivity index (χ4n) is 0.897. The van der Waals surface area contributed by atoms with Gasteiger partial charge >= 0.3 is 10.7 Å². The standard InChI is InChI=1S/C5H12O2Si/c1-6-8-5-3-2-4-7-8/h8H,2-5H2,1H3/p+1. The van der Waals surface area contributed by atoms with Gasteiger partial charge in [0.1, 0.15) is 0 Å². The third-order valence-electron chi connectivity index (χ3n) is 1.40. The Kier molecular flexibility index (Phi) is 2.52. The molecule has 0 bridgehead atoms.